The molecule has 208 valence electrons. The van der Waals surface area contributed by atoms with Crippen molar-refractivity contribution in [1.82, 2.24) is 9.88 Å². The smallest absolute Gasteiger partial charge is 0.416 e. The zero-order chi connectivity index (χ0) is 28.7. The lowest BCUT2D eigenvalue weighted by Gasteiger charge is -2.51. The Morgan fingerprint density at radius 1 is 1.18 bits per heavy atom. The average molecular weight is 580 g/mol. The van der Waals surface area contributed by atoms with Crippen LogP contribution in [0.3, 0.4) is 0 Å². The molecule has 13 heteroatoms. The monoisotopic (exact) mass is 579 g/mol. The molecule has 7 nitrogen and oxygen atoms in total. The zero-order valence-electron chi connectivity index (χ0n) is 20.9. The summed E-state index contributed by atoms with van der Waals surface area (Å²) in [6.45, 7) is 5.42. The van der Waals surface area contributed by atoms with Crippen LogP contribution in [0, 0.1) is 11.7 Å². The van der Waals surface area contributed by atoms with Gasteiger partial charge < -0.3 is 15.0 Å². The molecular weight excluding hydrogens is 553 g/mol. The van der Waals surface area contributed by atoms with Crippen LogP contribution >= 0.6 is 23.2 Å². The molecule has 38 heavy (non-hydrogen) atoms. The number of aromatic nitrogens is 1. The van der Waals surface area contributed by atoms with Crippen molar-refractivity contribution in [2.75, 3.05) is 17.8 Å². The predicted octanol–water partition coefficient (Wildman–Crippen LogP) is 5.84. The first kappa shape index (κ1) is 31.3. The Labute approximate surface area is 227 Å². The van der Waals surface area contributed by atoms with Crippen LogP contribution in [0.5, 0.6) is 0 Å². The summed E-state index contributed by atoms with van der Waals surface area (Å²) in [7, 11) is 0. The molecule has 1 aliphatic carbocycles. The third kappa shape index (κ3) is 7.13. The maximum atomic E-state index is 14.3. The number of rotatable bonds is 8. The SMILES string of the molecule is CC.CCOC(=O)C1CC(C(=O)Nc2ncc(Cl)cc2F)(N(Cc2ccc(C(F)(F)F)cc2)C(=O)CCl)C1. The van der Waals surface area contributed by atoms with Crippen LogP contribution in [0.25, 0.3) is 0 Å². The highest BCUT2D eigenvalue weighted by molar-refractivity contribution is 6.30. The standard InChI is InChI=1S/C23H21Cl2F4N3O4.C2H6/c1-2-36-20(34)14-8-22(9-14,21(35)31-19-17(26)7-16(25)11-30-19)32(18(33)10-24)12-13-3-5-15(6-4-13)23(27,28)29;1-2/h3-7,11,14H,2,8-10,12H2,1H3,(H,30,31,35);1-2H3. The molecule has 1 aromatic heterocycles. The summed E-state index contributed by atoms with van der Waals surface area (Å²) in [4.78, 5) is 43.4. The van der Waals surface area contributed by atoms with Gasteiger partial charge in [0.15, 0.2) is 11.6 Å². The summed E-state index contributed by atoms with van der Waals surface area (Å²) in [5.41, 5.74) is -2.27. The number of anilines is 1. The van der Waals surface area contributed by atoms with Gasteiger partial charge in [-0.15, -0.1) is 11.6 Å². The van der Waals surface area contributed by atoms with Crippen LogP contribution in [-0.2, 0) is 31.8 Å². The third-order valence-electron chi connectivity index (χ3n) is 5.80. The fraction of sp³-hybridized carbons (Fsp3) is 0.440. The Morgan fingerprint density at radius 3 is 2.29 bits per heavy atom. The van der Waals surface area contributed by atoms with E-state index in [2.05, 4.69) is 10.3 Å². The topological polar surface area (TPSA) is 88.6 Å². The molecule has 0 spiro atoms. The van der Waals surface area contributed by atoms with Crippen LogP contribution in [0.1, 0.15) is 44.7 Å². The molecule has 0 radical (unpaired) electrons. The summed E-state index contributed by atoms with van der Waals surface area (Å²) in [5.74, 6) is -4.80. The zero-order valence-corrected chi connectivity index (χ0v) is 22.4. The van der Waals surface area contributed by atoms with Crippen molar-refractivity contribution in [2.24, 2.45) is 5.92 Å². The van der Waals surface area contributed by atoms with E-state index < -0.39 is 58.5 Å². The first-order valence-electron chi connectivity index (χ1n) is 11.7. The molecule has 0 aliphatic heterocycles. The number of alkyl halides is 4. The average Bonchev–Trinajstić information content (AvgIpc) is 2.85. The number of carbonyl (C=O) groups is 3. The number of hydrogen-bond acceptors (Lipinski definition) is 5. The largest absolute Gasteiger partial charge is 0.466 e. The molecule has 0 atom stereocenters. The van der Waals surface area contributed by atoms with Crippen LogP contribution in [0.15, 0.2) is 36.5 Å². The van der Waals surface area contributed by atoms with Gasteiger partial charge in [0.25, 0.3) is 5.91 Å². The van der Waals surface area contributed by atoms with Gasteiger partial charge in [-0.2, -0.15) is 13.2 Å². The first-order valence-corrected chi connectivity index (χ1v) is 12.6. The minimum atomic E-state index is -4.55. The number of nitrogens with one attached hydrogen (secondary N) is 1. The van der Waals surface area contributed by atoms with Crippen LogP contribution < -0.4 is 5.32 Å². The number of esters is 1. The summed E-state index contributed by atoms with van der Waals surface area (Å²) in [6, 6.07) is 4.97. The van der Waals surface area contributed by atoms with Crippen LogP contribution in [-0.4, -0.2) is 45.7 Å². The van der Waals surface area contributed by atoms with Crippen molar-refractivity contribution in [3.05, 3.63) is 58.5 Å². The highest BCUT2D eigenvalue weighted by Gasteiger charge is 2.58. The molecule has 0 bridgehead atoms. The minimum absolute atomic E-state index is 0.00696. The van der Waals surface area contributed by atoms with E-state index in [9.17, 15) is 31.9 Å². The van der Waals surface area contributed by atoms with Crippen molar-refractivity contribution in [2.45, 2.75) is 51.9 Å². The number of pyridine rings is 1. The quantitative estimate of drug-likeness (QED) is 0.241. The Bertz CT molecular complexity index is 1140. The number of nitrogens with zero attached hydrogens (tertiary/aromatic N) is 2. The lowest BCUT2D eigenvalue weighted by molar-refractivity contribution is -0.167. The molecule has 0 unspecified atom stereocenters. The molecule has 3 rings (SSSR count). The van der Waals surface area contributed by atoms with E-state index in [0.717, 1.165) is 29.3 Å². The van der Waals surface area contributed by atoms with E-state index in [0.29, 0.717) is 0 Å². The summed E-state index contributed by atoms with van der Waals surface area (Å²) >= 11 is 11.5. The summed E-state index contributed by atoms with van der Waals surface area (Å²) in [5, 5.41) is 2.32. The Hall–Kier alpha value is -2.92. The Kier molecular flexibility index (Phi) is 10.9. The number of ether oxygens (including phenoxy) is 1. The van der Waals surface area contributed by atoms with Crippen molar-refractivity contribution in [1.29, 1.82) is 0 Å². The number of amides is 2. The van der Waals surface area contributed by atoms with E-state index in [4.69, 9.17) is 27.9 Å². The summed E-state index contributed by atoms with van der Waals surface area (Å²) in [6.07, 6.45) is -3.78. The lowest BCUT2D eigenvalue weighted by atomic mass is 9.66. The Balaban J connectivity index is 0.00000247. The van der Waals surface area contributed by atoms with Gasteiger partial charge in [0.05, 0.1) is 23.1 Å². The van der Waals surface area contributed by atoms with Gasteiger partial charge in [-0.25, -0.2) is 9.37 Å². The summed E-state index contributed by atoms with van der Waals surface area (Å²) < 4.78 is 58.1. The number of hydrogen-bond donors (Lipinski definition) is 1. The Morgan fingerprint density at radius 2 is 1.79 bits per heavy atom. The van der Waals surface area contributed by atoms with Gasteiger partial charge in [-0.3, -0.25) is 14.4 Å². The molecule has 0 saturated heterocycles. The molecule has 1 N–H and O–H groups in total. The number of benzene rings is 1. The van der Waals surface area contributed by atoms with Crippen molar-refractivity contribution < 1.29 is 36.7 Å². The maximum absolute atomic E-state index is 14.3. The molecule has 2 aromatic rings. The first-order chi connectivity index (χ1) is 17.9. The van der Waals surface area contributed by atoms with Crippen molar-refractivity contribution in [3.8, 4) is 0 Å². The van der Waals surface area contributed by atoms with Crippen LogP contribution in [0.4, 0.5) is 23.4 Å². The number of halogens is 6. The van der Waals surface area contributed by atoms with E-state index in [1.54, 1.807) is 6.92 Å². The van der Waals surface area contributed by atoms with Gasteiger partial charge >= 0.3 is 12.1 Å². The lowest BCUT2D eigenvalue weighted by Crippen LogP contribution is -2.67. The van der Waals surface area contributed by atoms with Gasteiger partial charge in [-0.05, 0) is 43.5 Å². The molecule has 1 aromatic carbocycles. The van der Waals surface area contributed by atoms with Crippen LogP contribution in [0.2, 0.25) is 5.02 Å². The highest BCUT2D eigenvalue weighted by Crippen LogP contribution is 2.45. The fourth-order valence-electron chi connectivity index (χ4n) is 3.97. The molecule has 1 heterocycles. The second-order valence-corrected chi connectivity index (χ2v) is 8.84. The van der Waals surface area contributed by atoms with Gasteiger partial charge in [0.1, 0.15) is 11.4 Å². The van der Waals surface area contributed by atoms with Crippen molar-refractivity contribution in [3.63, 3.8) is 0 Å². The normalized spacial score (nSPS) is 18.4. The van der Waals surface area contributed by atoms with Gasteiger partial charge in [0.2, 0.25) is 5.91 Å². The van der Waals surface area contributed by atoms with Gasteiger partial charge in [0, 0.05) is 12.7 Å². The minimum Gasteiger partial charge on any atom is -0.466 e. The van der Waals surface area contributed by atoms with Gasteiger partial charge in [-0.1, -0.05) is 37.6 Å². The molecule has 1 saturated carbocycles. The van der Waals surface area contributed by atoms with E-state index >= 15 is 0 Å². The molecular formula is C25H27Cl2F4N3O4. The number of carbonyl (C=O) groups excluding carboxylic acids is 3. The fourth-order valence-corrected chi connectivity index (χ4v) is 4.26. The predicted molar refractivity (Wildman–Crippen MR) is 134 cm³/mol. The second-order valence-electron chi connectivity index (χ2n) is 8.14. The molecule has 1 aliphatic rings. The second kappa shape index (κ2) is 13.2. The highest BCUT2D eigenvalue weighted by atomic mass is 35.5. The van der Waals surface area contributed by atoms with Crippen molar-refractivity contribution >= 4 is 46.8 Å². The van der Waals surface area contributed by atoms with E-state index in [1.165, 1.54) is 12.1 Å². The molecule has 1 fully saturated rings. The maximum Gasteiger partial charge on any atom is 0.416 e. The van der Waals surface area contributed by atoms with E-state index in [1.807, 2.05) is 13.8 Å². The van der Waals surface area contributed by atoms with E-state index in [-0.39, 0.29) is 36.6 Å². The third-order valence-corrected chi connectivity index (χ3v) is 6.24. The molecule has 2 amide bonds.